The second kappa shape index (κ2) is 5.55. The molecule has 2 amide bonds. The van der Waals surface area contributed by atoms with Crippen molar-refractivity contribution in [2.75, 3.05) is 12.0 Å². The number of amides is 2. The first-order valence-electron chi connectivity index (χ1n) is 8.69. The van der Waals surface area contributed by atoms with E-state index >= 15 is 0 Å². The number of fused-ring (bicyclic) bond motifs is 5. The van der Waals surface area contributed by atoms with Crippen molar-refractivity contribution in [3.8, 4) is 0 Å². The van der Waals surface area contributed by atoms with Crippen LogP contribution in [0.5, 0.6) is 0 Å². The van der Waals surface area contributed by atoms with Crippen LogP contribution in [0.25, 0.3) is 0 Å². The van der Waals surface area contributed by atoms with Gasteiger partial charge in [0.05, 0.1) is 30.2 Å². The highest BCUT2D eigenvalue weighted by Gasteiger charge is 2.63. The van der Waals surface area contributed by atoms with Gasteiger partial charge in [0.2, 0.25) is 11.8 Å². The third-order valence-electron chi connectivity index (χ3n) is 5.96. The van der Waals surface area contributed by atoms with Gasteiger partial charge in [-0.05, 0) is 56.7 Å². The fourth-order valence-electron chi connectivity index (χ4n) is 5.14. The third kappa shape index (κ3) is 2.11. The second-order valence-corrected chi connectivity index (χ2v) is 7.35. The molecule has 0 radical (unpaired) electrons. The summed E-state index contributed by atoms with van der Waals surface area (Å²) >= 11 is 0. The van der Waals surface area contributed by atoms with Crippen molar-refractivity contribution in [1.29, 1.82) is 0 Å². The van der Waals surface area contributed by atoms with Gasteiger partial charge < -0.3 is 4.74 Å². The number of rotatable bonds is 2. The monoisotopic (exact) mass is 339 g/mol. The summed E-state index contributed by atoms with van der Waals surface area (Å²) in [4.78, 5) is 39.2. The van der Waals surface area contributed by atoms with E-state index in [9.17, 15) is 14.4 Å². The van der Waals surface area contributed by atoms with Gasteiger partial charge in [0, 0.05) is 0 Å². The molecule has 4 rings (SSSR count). The van der Waals surface area contributed by atoms with Crippen molar-refractivity contribution in [3.63, 3.8) is 0 Å². The molecule has 3 aliphatic rings. The van der Waals surface area contributed by atoms with Gasteiger partial charge in [0.1, 0.15) is 0 Å². The molecule has 3 fully saturated rings. The average Bonchev–Trinajstić information content (AvgIpc) is 3.24. The van der Waals surface area contributed by atoms with Gasteiger partial charge >= 0.3 is 5.97 Å². The van der Waals surface area contributed by atoms with Gasteiger partial charge in [-0.25, -0.2) is 9.69 Å². The molecule has 5 nitrogen and oxygen atoms in total. The van der Waals surface area contributed by atoms with Crippen LogP contribution < -0.4 is 4.90 Å². The molecule has 2 bridgehead atoms. The van der Waals surface area contributed by atoms with Crippen molar-refractivity contribution in [2.24, 2.45) is 23.7 Å². The van der Waals surface area contributed by atoms with Gasteiger partial charge in [-0.2, -0.15) is 0 Å². The Bertz CT molecular complexity index is 789. The Morgan fingerprint density at radius 3 is 2.20 bits per heavy atom. The maximum Gasteiger partial charge on any atom is 0.337 e. The Morgan fingerprint density at radius 2 is 1.68 bits per heavy atom. The van der Waals surface area contributed by atoms with Gasteiger partial charge in [-0.1, -0.05) is 17.2 Å². The lowest BCUT2D eigenvalue weighted by atomic mass is 9.81. The van der Waals surface area contributed by atoms with Gasteiger partial charge in [0.15, 0.2) is 0 Å². The first-order chi connectivity index (χ1) is 12.0. The Morgan fingerprint density at radius 1 is 1.08 bits per heavy atom. The molecule has 0 aromatic heterocycles. The second-order valence-electron chi connectivity index (χ2n) is 7.35. The SMILES string of the molecule is COC(=O)c1cccc(N2C(=O)[C@@H]3[C@@H](C2=O)[C@H]2CC[C@H]3C2=C(C)C)c1. The molecule has 1 aliphatic heterocycles. The van der Waals surface area contributed by atoms with Gasteiger partial charge in [-0.3, -0.25) is 9.59 Å². The summed E-state index contributed by atoms with van der Waals surface area (Å²) in [6.45, 7) is 4.16. The zero-order valence-electron chi connectivity index (χ0n) is 14.6. The number of hydrogen-bond acceptors (Lipinski definition) is 4. The highest BCUT2D eigenvalue weighted by molar-refractivity contribution is 6.23. The fourth-order valence-corrected chi connectivity index (χ4v) is 5.14. The van der Waals surface area contributed by atoms with Crippen LogP contribution in [0, 0.1) is 23.7 Å². The zero-order chi connectivity index (χ0) is 17.9. The number of allylic oxidation sites excluding steroid dienone is 2. The van der Waals surface area contributed by atoms with E-state index in [1.807, 2.05) is 0 Å². The first kappa shape index (κ1) is 16.1. The number of nitrogens with zero attached hydrogens (tertiary/aromatic N) is 1. The molecule has 2 aliphatic carbocycles. The molecule has 2 saturated carbocycles. The Labute approximate surface area is 146 Å². The van der Waals surface area contributed by atoms with E-state index in [0.717, 1.165) is 12.8 Å². The van der Waals surface area contributed by atoms with Crippen molar-refractivity contribution in [3.05, 3.63) is 41.0 Å². The minimum Gasteiger partial charge on any atom is -0.465 e. The van der Waals surface area contributed by atoms with Crippen LogP contribution in [0.3, 0.4) is 0 Å². The minimum absolute atomic E-state index is 0.122. The molecular weight excluding hydrogens is 318 g/mol. The maximum absolute atomic E-state index is 13.1. The Kier molecular flexibility index (Phi) is 3.56. The minimum atomic E-state index is -0.479. The number of carbonyl (C=O) groups is 3. The molecule has 5 heteroatoms. The predicted molar refractivity (Wildman–Crippen MR) is 91.8 cm³/mol. The zero-order valence-corrected chi connectivity index (χ0v) is 14.6. The van der Waals surface area contributed by atoms with Crippen LogP contribution in [0.1, 0.15) is 37.0 Å². The van der Waals surface area contributed by atoms with Crippen LogP contribution in [0.15, 0.2) is 35.4 Å². The van der Waals surface area contributed by atoms with Crippen LogP contribution in [-0.2, 0) is 14.3 Å². The van der Waals surface area contributed by atoms with E-state index in [-0.39, 0.29) is 35.5 Å². The summed E-state index contributed by atoms with van der Waals surface area (Å²) in [5, 5.41) is 0. The quantitative estimate of drug-likeness (QED) is 0.472. The summed E-state index contributed by atoms with van der Waals surface area (Å²) in [7, 11) is 1.31. The summed E-state index contributed by atoms with van der Waals surface area (Å²) in [5.74, 6) is -0.801. The van der Waals surface area contributed by atoms with E-state index in [1.54, 1.807) is 24.3 Å². The number of esters is 1. The number of anilines is 1. The summed E-state index contributed by atoms with van der Waals surface area (Å²) in [5.41, 5.74) is 3.39. The Hall–Kier alpha value is -2.43. The van der Waals surface area contributed by atoms with Crippen LogP contribution >= 0.6 is 0 Å². The standard InChI is InChI=1S/C20H21NO4/c1-10(2)15-13-7-8-14(15)17-16(13)18(22)21(19(17)23)12-6-4-5-11(9-12)20(24)25-3/h4-6,9,13-14,16-17H,7-8H2,1-3H3/t13-,14-,16-,17-/m0/s1. The summed E-state index contributed by atoms with van der Waals surface area (Å²) < 4.78 is 4.73. The molecule has 1 saturated heterocycles. The van der Waals surface area contributed by atoms with Gasteiger partial charge in [0.25, 0.3) is 0 Å². The van der Waals surface area contributed by atoms with Crippen molar-refractivity contribution >= 4 is 23.5 Å². The van der Waals surface area contributed by atoms with E-state index in [0.29, 0.717) is 11.3 Å². The predicted octanol–water partition coefficient (Wildman–Crippen LogP) is 2.96. The number of benzene rings is 1. The number of ether oxygens (including phenoxy) is 1. The van der Waals surface area contributed by atoms with Crippen LogP contribution in [0.4, 0.5) is 5.69 Å². The molecule has 4 atom stereocenters. The lowest BCUT2D eigenvalue weighted by Gasteiger charge is -2.19. The highest BCUT2D eigenvalue weighted by Crippen LogP contribution is 2.60. The fraction of sp³-hybridized carbons (Fsp3) is 0.450. The third-order valence-corrected chi connectivity index (χ3v) is 5.96. The lowest BCUT2D eigenvalue weighted by Crippen LogP contribution is -2.33. The smallest absolute Gasteiger partial charge is 0.337 e. The largest absolute Gasteiger partial charge is 0.465 e. The summed E-state index contributed by atoms with van der Waals surface area (Å²) in [6, 6.07) is 6.55. The van der Waals surface area contributed by atoms with E-state index < -0.39 is 5.97 Å². The highest BCUT2D eigenvalue weighted by atomic mass is 16.5. The summed E-state index contributed by atoms with van der Waals surface area (Å²) in [6.07, 6.45) is 1.98. The molecule has 1 aromatic rings. The average molecular weight is 339 g/mol. The molecule has 1 heterocycles. The van der Waals surface area contributed by atoms with Crippen molar-refractivity contribution in [1.82, 2.24) is 0 Å². The normalized spacial score (nSPS) is 30.0. The molecule has 25 heavy (non-hydrogen) atoms. The van der Waals surface area contributed by atoms with Crippen LogP contribution in [0.2, 0.25) is 0 Å². The molecule has 0 N–H and O–H groups in total. The van der Waals surface area contributed by atoms with Crippen LogP contribution in [-0.4, -0.2) is 24.9 Å². The molecule has 0 spiro atoms. The van der Waals surface area contributed by atoms with E-state index in [2.05, 4.69) is 13.8 Å². The van der Waals surface area contributed by atoms with Crippen molar-refractivity contribution < 1.29 is 19.1 Å². The van der Waals surface area contributed by atoms with Gasteiger partial charge in [-0.15, -0.1) is 0 Å². The number of imide groups is 1. The molecular formula is C20H21NO4. The van der Waals surface area contributed by atoms with Crippen molar-refractivity contribution in [2.45, 2.75) is 26.7 Å². The number of carbonyl (C=O) groups excluding carboxylic acids is 3. The van der Waals surface area contributed by atoms with E-state index in [1.165, 1.54) is 23.2 Å². The topological polar surface area (TPSA) is 63.7 Å². The molecule has 130 valence electrons. The molecule has 0 unspecified atom stereocenters. The molecule has 1 aromatic carbocycles. The number of methoxy groups -OCH3 is 1. The number of hydrogen-bond donors (Lipinski definition) is 0. The lowest BCUT2D eigenvalue weighted by molar-refractivity contribution is -0.123. The maximum atomic E-state index is 13.1. The Balaban J connectivity index is 1.72. The van der Waals surface area contributed by atoms with E-state index in [4.69, 9.17) is 4.74 Å². The first-order valence-corrected chi connectivity index (χ1v) is 8.69.